The van der Waals surface area contributed by atoms with Gasteiger partial charge in [0.15, 0.2) is 0 Å². The molecule has 9 aromatic rings. The highest BCUT2D eigenvalue weighted by atomic mass is 16.3. The first kappa shape index (κ1) is 18.0. The lowest BCUT2D eigenvalue weighted by Gasteiger charge is -2.20. The van der Waals surface area contributed by atoms with Crippen molar-refractivity contribution in [3.8, 4) is 44.5 Å². The first-order chi connectivity index (χ1) is 26.1. The van der Waals surface area contributed by atoms with Gasteiger partial charge in [0, 0.05) is 16.3 Å². The molecule has 0 saturated carbocycles. The maximum absolute atomic E-state index is 9.53. The molecule has 0 radical (unpaired) electrons. The summed E-state index contributed by atoms with van der Waals surface area (Å²) in [5.41, 5.74) is 4.28. The summed E-state index contributed by atoms with van der Waals surface area (Å²) < 4.78 is 86.8. The zero-order chi connectivity index (χ0) is 37.6. The summed E-state index contributed by atoms with van der Waals surface area (Å²) in [6.07, 6.45) is 0. The average molecular weight is 582 g/mol. The largest absolute Gasteiger partial charge is 0.455 e. The fourth-order valence-corrected chi connectivity index (χ4v) is 6.53. The van der Waals surface area contributed by atoms with Crippen LogP contribution in [0.1, 0.15) is 12.3 Å². The second-order valence-electron chi connectivity index (χ2n) is 10.9. The van der Waals surface area contributed by atoms with Crippen molar-refractivity contribution in [1.82, 2.24) is 0 Å². The molecule has 0 N–H and O–H groups in total. The third-order valence-corrected chi connectivity index (χ3v) is 8.44. The Morgan fingerprint density at radius 3 is 1.67 bits per heavy atom. The van der Waals surface area contributed by atoms with Gasteiger partial charge in [0.2, 0.25) is 0 Å². The summed E-state index contributed by atoms with van der Waals surface area (Å²) in [6.45, 7) is 0. The fraction of sp³-hybridized carbons (Fsp3) is 0. The first-order valence-corrected chi connectivity index (χ1v) is 14.7. The lowest BCUT2D eigenvalue weighted by atomic mass is 9.83. The number of furan rings is 1. The first-order valence-electron chi connectivity index (χ1n) is 19.2. The summed E-state index contributed by atoms with van der Waals surface area (Å²) in [5.74, 6) is 0. The van der Waals surface area contributed by atoms with Crippen molar-refractivity contribution < 1.29 is 16.8 Å². The zero-order valence-corrected chi connectivity index (χ0v) is 23.9. The summed E-state index contributed by atoms with van der Waals surface area (Å²) in [6, 6.07) is 32.8. The lowest BCUT2D eigenvalue weighted by molar-refractivity contribution is 0.670. The highest BCUT2D eigenvalue weighted by Crippen LogP contribution is 2.49. The van der Waals surface area contributed by atoms with Crippen LogP contribution >= 0.6 is 0 Å². The average Bonchev–Trinajstić information content (AvgIpc) is 3.58. The molecule has 0 saturated heterocycles. The van der Waals surface area contributed by atoms with Crippen LogP contribution in [0.5, 0.6) is 0 Å². The fourth-order valence-electron chi connectivity index (χ4n) is 6.53. The Hall–Kier alpha value is -5.92. The normalized spacial score (nSPS) is 14.4. The smallest absolute Gasteiger partial charge is 0.143 e. The molecule has 1 aromatic heterocycles. The Bertz CT molecular complexity index is 2960. The molecule has 1 heteroatoms. The number of rotatable bonds is 4. The molecule has 0 aliphatic heterocycles. The van der Waals surface area contributed by atoms with Gasteiger partial charge in [-0.15, -0.1) is 0 Å². The summed E-state index contributed by atoms with van der Waals surface area (Å²) >= 11 is 0. The van der Waals surface area contributed by atoms with Gasteiger partial charge in [-0.2, -0.15) is 0 Å². The van der Waals surface area contributed by atoms with E-state index in [1.165, 1.54) is 0 Å². The van der Waals surface area contributed by atoms with E-state index in [2.05, 4.69) is 0 Å². The van der Waals surface area contributed by atoms with Crippen LogP contribution in [0, 0.1) is 0 Å². The van der Waals surface area contributed by atoms with E-state index >= 15 is 0 Å². The number of hydrogen-bond acceptors (Lipinski definition) is 1. The Morgan fingerprint density at radius 2 is 0.956 bits per heavy atom. The Balaban J connectivity index is 1.48. The van der Waals surface area contributed by atoms with E-state index in [9.17, 15) is 2.74 Å². The minimum Gasteiger partial charge on any atom is -0.455 e. The van der Waals surface area contributed by atoms with Gasteiger partial charge in [0.25, 0.3) is 0 Å². The van der Waals surface area contributed by atoms with Crippen molar-refractivity contribution in [2.45, 2.75) is 0 Å². The molecular weight excluding hydrogens is 544 g/mol. The minimum atomic E-state index is -0.493. The van der Waals surface area contributed by atoms with E-state index in [4.69, 9.17) is 14.0 Å². The van der Waals surface area contributed by atoms with Crippen LogP contribution in [0.2, 0.25) is 0 Å². The predicted molar refractivity (Wildman–Crippen MR) is 190 cm³/mol. The SMILES string of the molecule is [2H]c1c([2H])c([2H])c(-c2c(-c3c4ccccc4c(-c4c([2H])c([2H])c([2H])c(-c5ccccc5)c4[2H])c4ccccc34)ccc3c2oc2ccccc23)c([2H])c1[2H]. The molecule has 1 nitrogen and oxygen atoms in total. The maximum Gasteiger partial charge on any atom is 0.143 e. The van der Waals surface area contributed by atoms with Crippen molar-refractivity contribution in [2.75, 3.05) is 0 Å². The van der Waals surface area contributed by atoms with Crippen molar-refractivity contribution in [2.24, 2.45) is 0 Å². The van der Waals surface area contributed by atoms with E-state index in [0.717, 1.165) is 21.5 Å². The molecule has 210 valence electrons. The van der Waals surface area contributed by atoms with E-state index in [1.807, 2.05) is 103 Å². The summed E-state index contributed by atoms with van der Waals surface area (Å²) in [4.78, 5) is 0. The van der Waals surface area contributed by atoms with Crippen LogP contribution < -0.4 is 0 Å². The molecule has 9 rings (SSSR count). The molecule has 0 fully saturated rings. The van der Waals surface area contributed by atoms with Crippen molar-refractivity contribution in [1.29, 1.82) is 0 Å². The number of benzene rings is 8. The van der Waals surface area contributed by atoms with Crippen molar-refractivity contribution in [3.05, 3.63) is 170 Å². The van der Waals surface area contributed by atoms with Gasteiger partial charge in [-0.05, 0) is 78.7 Å². The number of para-hydroxylation sites is 1. The third-order valence-electron chi connectivity index (χ3n) is 8.44. The highest BCUT2D eigenvalue weighted by Gasteiger charge is 2.22. The zero-order valence-electron chi connectivity index (χ0n) is 32.9. The van der Waals surface area contributed by atoms with Crippen LogP contribution in [0.4, 0.5) is 0 Å². The van der Waals surface area contributed by atoms with Gasteiger partial charge < -0.3 is 4.42 Å². The predicted octanol–water partition coefficient (Wildman–Crippen LogP) is 12.6. The molecule has 1 heterocycles. The molecule has 0 unspecified atom stereocenters. The van der Waals surface area contributed by atoms with Gasteiger partial charge in [0.05, 0.1) is 12.3 Å². The van der Waals surface area contributed by atoms with Crippen LogP contribution in [0.25, 0.3) is 88.0 Å². The lowest BCUT2D eigenvalue weighted by Crippen LogP contribution is -1.93. The Morgan fingerprint density at radius 1 is 0.378 bits per heavy atom. The standard InChI is InChI=1S/C44H28O/c1-3-14-29(15-4-1)31-18-13-19-32(28-31)41-34-21-7-9-23-36(34)43(37-24-10-8-22-35(37)41)39-27-26-38-33-20-11-12-25-40(33)45-44(38)42(39)30-16-5-2-6-17-30/h1-28H/i2D,5D,6D,13D,16D,17D,18D,19D,28D. The second-order valence-corrected chi connectivity index (χ2v) is 10.9. The van der Waals surface area contributed by atoms with E-state index < -0.39 is 18.1 Å². The van der Waals surface area contributed by atoms with Crippen molar-refractivity contribution >= 4 is 43.5 Å². The van der Waals surface area contributed by atoms with E-state index in [0.29, 0.717) is 49.8 Å². The molecule has 0 aliphatic carbocycles. The molecular formula is C44H28O. The molecule has 0 amide bonds. The maximum atomic E-state index is 9.53. The van der Waals surface area contributed by atoms with Gasteiger partial charge in [0.1, 0.15) is 11.2 Å². The van der Waals surface area contributed by atoms with Crippen LogP contribution in [-0.4, -0.2) is 0 Å². The van der Waals surface area contributed by atoms with E-state index in [1.54, 1.807) is 12.1 Å². The molecule has 0 bridgehead atoms. The second kappa shape index (κ2) is 10.4. The number of fused-ring (bicyclic) bond motifs is 5. The highest BCUT2D eigenvalue weighted by molar-refractivity contribution is 6.24. The van der Waals surface area contributed by atoms with Crippen LogP contribution in [-0.2, 0) is 0 Å². The summed E-state index contributed by atoms with van der Waals surface area (Å²) in [7, 11) is 0. The molecule has 0 atom stereocenters. The third kappa shape index (κ3) is 4.09. The number of hydrogen-bond donors (Lipinski definition) is 0. The van der Waals surface area contributed by atoms with E-state index in [-0.39, 0.29) is 52.9 Å². The Kier molecular flexibility index (Phi) is 4.15. The monoisotopic (exact) mass is 581 g/mol. The molecule has 8 aromatic carbocycles. The van der Waals surface area contributed by atoms with Crippen LogP contribution in [0.15, 0.2) is 174 Å². The minimum absolute atomic E-state index is 0.0113. The van der Waals surface area contributed by atoms with Gasteiger partial charge in [-0.1, -0.05) is 151 Å². The van der Waals surface area contributed by atoms with Gasteiger partial charge >= 0.3 is 0 Å². The molecule has 0 spiro atoms. The van der Waals surface area contributed by atoms with Crippen LogP contribution in [0.3, 0.4) is 0 Å². The summed E-state index contributed by atoms with van der Waals surface area (Å²) in [5, 5.41) is 4.35. The quantitative estimate of drug-likeness (QED) is 0.188. The van der Waals surface area contributed by atoms with Crippen molar-refractivity contribution in [3.63, 3.8) is 0 Å². The molecule has 45 heavy (non-hydrogen) atoms. The van der Waals surface area contributed by atoms with Gasteiger partial charge in [-0.25, -0.2) is 0 Å². The molecule has 0 aliphatic rings. The topological polar surface area (TPSA) is 13.1 Å². The Labute approximate surface area is 274 Å². The van der Waals surface area contributed by atoms with Gasteiger partial charge in [-0.3, -0.25) is 0 Å².